The zero-order chi connectivity index (χ0) is 29.8. The first-order valence-electron chi connectivity index (χ1n) is 13.1. The summed E-state index contributed by atoms with van der Waals surface area (Å²) in [4.78, 5) is 51.9. The molecule has 1 fully saturated rings. The predicted molar refractivity (Wildman–Crippen MR) is 144 cm³/mol. The fourth-order valence-corrected chi connectivity index (χ4v) is 5.00. The molecule has 0 spiro atoms. The van der Waals surface area contributed by atoms with E-state index < -0.39 is 59.3 Å². The quantitative estimate of drug-likeness (QED) is 0.305. The van der Waals surface area contributed by atoms with Gasteiger partial charge >= 0.3 is 6.18 Å². The lowest BCUT2D eigenvalue weighted by Gasteiger charge is -2.25. The number of ether oxygens (including phenoxy) is 1. The second-order valence-corrected chi connectivity index (χ2v) is 11.2. The maximum atomic E-state index is 13.4. The number of carbonyl (C=O) groups excluding carboxylic acids is 4. The molecule has 1 saturated carbocycles. The van der Waals surface area contributed by atoms with Crippen molar-refractivity contribution in [2.24, 2.45) is 17.8 Å². The summed E-state index contributed by atoms with van der Waals surface area (Å²) in [5.74, 6) is -6.16. The van der Waals surface area contributed by atoms with E-state index in [1.54, 1.807) is 37.3 Å². The molecule has 10 heteroatoms. The molecular formula is C30H33ClF3NO5. The van der Waals surface area contributed by atoms with Crippen molar-refractivity contribution in [1.82, 2.24) is 5.32 Å². The van der Waals surface area contributed by atoms with Crippen molar-refractivity contribution in [1.29, 1.82) is 0 Å². The summed E-state index contributed by atoms with van der Waals surface area (Å²) >= 11 is 6.10. The molecule has 40 heavy (non-hydrogen) atoms. The zero-order valence-corrected chi connectivity index (χ0v) is 23.6. The van der Waals surface area contributed by atoms with Crippen LogP contribution in [0.3, 0.4) is 0 Å². The van der Waals surface area contributed by atoms with Gasteiger partial charge in [0.05, 0.1) is 12.5 Å². The van der Waals surface area contributed by atoms with Gasteiger partial charge in [-0.25, -0.2) is 0 Å². The third-order valence-corrected chi connectivity index (χ3v) is 7.73. The summed E-state index contributed by atoms with van der Waals surface area (Å²) < 4.78 is 44.8. The van der Waals surface area contributed by atoms with Gasteiger partial charge < -0.3 is 10.1 Å². The highest BCUT2D eigenvalue weighted by Crippen LogP contribution is 2.50. The SMILES string of the molecule is COc1ccc([C@H](NC(=O)[C@H](C)CC(=O)C2(c3cccc(Cl)c3)CC2)C(=O)C[C@H](C(=O)C(F)(F)F)C(C)C)cc1. The van der Waals surface area contributed by atoms with Crippen LogP contribution in [0.2, 0.25) is 5.02 Å². The maximum Gasteiger partial charge on any atom is 0.450 e. The number of hydrogen-bond acceptors (Lipinski definition) is 5. The van der Waals surface area contributed by atoms with Crippen LogP contribution in [0, 0.1) is 17.8 Å². The second-order valence-electron chi connectivity index (χ2n) is 10.7. The Bertz CT molecular complexity index is 1250. The van der Waals surface area contributed by atoms with Crippen LogP contribution in [0.5, 0.6) is 5.75 Å². The van der Waals surface area contributed by atoms with Crippen molar-refractivity contribution in [3.05, 3.63) is 64.7 Å². The minimum atomic E-state index is -5.09. The van der Waals surface area contributed by atoms with E-state index in [-0.39, 0.29) is 12.2 Å². The van der Waals surface area contributed by atoms with Crippen LogP contribution in [0.4, 0.5) is 13.2 Å². The topological polar surface area (TPSA) is 89.5 Å². The molecule has 216 valence electrons. The molecule has 0 aliphatic heterocycles. The lowest BCUT2D eigenvalue weighted by atomic mass is 9.84. The molecular weight excluding hydrogens is 547 g/mol. The Hall–Kier alpha value is -3.20. The number of benzene rings is 2. The smallest absolute Gasteiger partial charge is 0.450 e. The Morgan fingerprint density at radius 2 is 1.62 bits per heavy atom. The Kier molecular flexibility index (Phi) is 9.82. The first-order chi connectivity index (χ1) is 18.7. The largest absolute Gasteiger partial charge is 0.497 e. The Balaban J connectivity index is 1.80. The number of methoxy groups -OCH3 is 1. The summed E-state index contributed by atoms with van der Waals surface area (Å²) in [5, 5.41) is 3.13. The monoisotopic (exact) mass is 579 g/mol. The second kappa shape index (κ2) is 12.5. The van der Waals surface area contributed by atoms with Crippen LogP contribution in [-0.2, 0) is 24.6 Å². The van der Waals surface area contributed by atoms with E-state index in [4.69, 9.17) is 16.3 Å². The molecule has 0 radical (unpaired) electrons. The van der Waals surface area contributed by atoms with E-state index in [9.17, 15) is 32.3 Å². The van der Waals surface area contributed by atoms with Crippen molar-refractivity contribution in [3.63, 3.8) is 0 Å². The molecule has 0 unspecified atom stereocenters. The minimum Gasteiger partial charge on any atom is -0.497 e. The van der Waals surface area contributed by atoms with Gasteiger partial charge in [0.15, 0.2) is 5.78 Å². The van der Waals surface area contributed by atoms with E-state index in [1.807, 2.05) is 6.07 Å². The minimum absolute atomic E-state index is 0.0942. The van der Waals surface area contributed by atoms with E-state index in [1.165, 1.54) is 33.1 Å². The van der Waals surface area contributed by atoms with Crippen LogP contribution in [-0.4, -0.2) is 36.5 Å². The van der Waals surface area contributed by atoms with E-state index in [0.29, 0.717) is 29.2 Å². The number of carbonyl (C=O) groups is 4. The highest BCUT2D eigenvalue weighted by molar-refractivity contribution is 6.30. The fraction of sp³-hybridized carbons (Fsp3) is 0.467. The number of halogens is 4. The van der Waals surface area contributed by atoms with Crippen LogP contribution >= 0.6 is 11.6 Å². The number of ketones is 3. The molecule has 6 nitrogen and oxygen atoms in total. The summed E-state index contributed by atoms with van der Waals surface area (Å²) in [6.45, 7) is 4.43. The van der Waals surface area contributed by atoms with Gasteiger partial charge in [-0.2, -0.15) is 13.2 Å². The molecule has 1 aliphatic rings. The number of rotatable bonds is 13. The van der Waals surface area contributed by atoms with Crippen LogP contribution in [0.15, 0.2) is 48.5 Å². The molecule has 1 N–H and O–H groups in total. The highest BCUT2D eigenvalue weighted by Gasteiger charge is 2.51. The van der Waals surface area contributed by atoms with Crippen LogP contribution in [0.1, 0.15) is 63.6 Å². The number of hydrogen-bond donors (Lipinski definition) is 1. The molecule has 1 amide bonds. The number of nitrogens with one attached hydrogen (secondary N) is 1. The van der Waals surface area contributed by atoms with Gasteiger partial charge in [-0.3, -0.25) is 19.2 Å². The first-order valence-corrected chi connectivity index (χ1v) is 13.4. The lowest BCUT2D eigenvalue weighted by molar-refractivity contribution is -0.177. The maximum absolute atomic E-state index is 13.4. The van der Waals surface area contributed by atoms with Crippen molar-refractivity contribution < 1.29 is 37.1 Å². The van der Waals surface area contributed by atoms with Crippen molar-refractivity contribution in [2.45, 2.75) is 64.1 Å². The summed E-state index contributed by atoms with van der Waals surface area (Å²) in [7, 11) is 1.45. The normalized spacial score (nSPS) is 16.5. The zero-order valence-electron chi connectivity index (χ0n) is 22.8. The molecule has 1 aliphatic carbocycles. The molecule has 3 atom stereocenters. The van der Waals surface area contributed by atoms with E-state index >= 15 is 0 Å². The van der Waals surface area contributed by atoms with Gasteiger partial charge in [-0.1, -0.05) is 56.6 Å². The summed E-state index contributed by atoms with van der Waals surface area (Å²) in [6.07, 6.45) is -4.62. The summed E-state index contributed by atoms with van der Waals surface area (Å²) in [6, 6.07) is 11.9. The van der Waals surface area contributed by atoms with Gasteiger partial charge in [0.2, 0.25) is 11.7 Å². The Morgan fingerprint density at radius 3 is 2.12 bits per heavy atom. The third-order valence-electron chi connectivity index (χ3n) is 7.50. The van der Waals surface area contributed by atoms with Crippen molar-refractivity contribution >= 4 is 34.9 Å². The average molecular weight is 580 g/mol. The highest BCUT2D eigenvalue weighted by atomic mass is 35.5. The predicted octanol–water partition coefficient (Wildman–Crippen LogP) is 6.20. The van der Waals surface area contributed by atoms with Gasteiger partial charge in [0.1, 0.15) is 17.6 Å². The summed E-state index contributed by atoms with van der Waals surface area (Å²) in [5.41, 5.74) is 0.405. The van der Waals surface area contributed by atoms with Gasteiger partial charge in [-0.15, -0.1) is 0 Å². The molecule has 3 rings (SSSR count). The van der Waals surface area contributed by atoms with Crippen molar-refractivity contribution in [3.8, 4) is 5.75 Å². The molecule has 0 heterocycles. The van der Waals surface area contributed by atoms with E-state index in [2.05, 4.69) is 5.32 Å². The average Bonchev–Trinajstić information content (AvgIpc) is 3.71. The molecule has 0 aromatic heterocycles. The number of alkyl halides is 3. The standard InChI is InChI=1S/C30H33ClF3NO5/c1-17(2)23(27(38)30(32,33)34)16-24(36)26(19-8-10-22(40-4)11-9-19)35-28(39)18(3)14-25(37)29(12-13-29)20-6-5-7-21(31)15-20/h5-11,15,17-18,23,26H,12-14,16H2,1-4H3,(H,35,39)/t18-,23+,26+/m1/s1. The van der Waals surface area contributed by atoms with Crippen LogP contribution < -0.4 is 10.1 Å². The van der Waals surface area contributed by atoms with Gasteiger partial charge in [-0.05, 0) is 54.2 Å². The van der Waals surface area contributed by atoms with Gasteiger partial charge in [0.25, 0.3) is 0 Å². The first kappa shape index (κ1) is 31.3. The lowest BCUT2D eigenvalue weighted by Crippen LogP contribution is -2.41. The van der Waals surface area contributed by atoms with Crippen LogP contribution in [0.25, 0.3) is 0 Å². The Labute approximate surface area is 236 Å². The molecule has 2 aromatic rings. The van der Waals surface area contributed by atoms with Gasteiger partial charge in [0, 0.05) is 29.7 Å². The molecule has 0 bridgehead atoms. The molecule has 2 aromatic carbocycles. The fourth-order valence-electron chi connectivity index (χ4n) is 4.81. The number of amides is 1. The number of Topliss-reactive ketones (excluding diaryl/α,β-unsaturated/α-hetero) is 3. The van der Waals surface area contributed by atoms with E-state index in [0.717, 1.165) is 5.56 Å². The third kappa shape index (κ3) is 7.30. The Morgan fingerprint density at radius 1 is 1.00 bits per heavy atom. The van der Waals surface area contributed by atoms with Crippen molar-refractivity contribution in [2.75, 3.05) is 7.11 Å². The molecule has 0 saturated heterocycles.